The molecule has 1 atom stereocenters. The fourth-order valence-electron chi connectivity index (χ4n) is 3.01. The van der Waals surface area contributed by atoms with Crippen LogP contribution in [-0.4, -0.2) is 29.7 Å². The third kappa shape index (κ3) is 6.32. The zero-order valence-corrected chi connectivity index (χ0v) is 16.8. The van der Waals surface area contributed by atoms with E-state index in [9.17, 15) is 9.59 Å². The first-order valence-electron chi connectivity index (χ1n) is 9.47. The summed E-state index contributed by atoms with van der Waals surface area (Å²) in [4.78, 5) is 25.2. The second kappa shape index (κ2) is 9.97. The molecule has 0 aliphatic heterocycles. The first kappa shape index (κ1) is 20.8. The van der Waals surface area contributed by atoms with Crippen molar-refractivity contribution in [3.8, 4) is 0 Å². The fraction of sp³-hybridized carbons (Fsp3) is 0.600. The normalized spacial score (nSPS) is 16.3. The van der Waals surface area contributed by atoms with Gasteiger partial charge in [-0.1, -0.05) is 33.1 Å². The molecule has 26 heavy (non-hydrogen) atoms. The summed E-state index contributed by atoms with van der Waals surface area (Å²) in [5.41, 5.74) is 7.58. The van der Waals surface area contributed by atoms with Crippen molar-refractivity contribution < 1.29 is 9.59 Å². The molecule has 6 heteroatoms. The number of carbonyl (C=O) groups excluding carboxylic acids is 2. The van der Waals surface area contributed by atoms with Crippen molar-refractivity contribution in [3.05, 3.63) is 23.8 Å². The van der Waals surface area contributed by atoms with Crippen molar-refractivity contribution in [2.75, 3.05) is 11.9 Å². The zero-order chi connectivity index (χ0) is 19.1. The number of aryl methyl sites for hydroxylation is 1. The molecule has 0 radical (unpaired) electrons. The summed E-state index contributed by atoms with van der Waals surface area (Å²) in [5.74, 6) is -0.509. The SMILES string of the molecule is Cc1cc(SC2CCCCC2)ccc1NC(=O)CNC(=O)[C@@H](N)C(C)C. The number of benzene rings is 1. The van der Waals surface area contributed by atoms with Crippen LogP contribution in [0.25, 0.3) is 0 Å². The number of carbonyl (C=O) groups is 2. The van der Waals surface area contributed by atoms with Gasteiger partial charge in [0.1, 0.15) is 0 Å². The predicted molar refractivity (Wildman–Crippen MR) is 108 cm³/mol. The maximum atomic E-state index is 12.1. The molecule has 1 fully saturated rings. The van der Waals surface area contributed by atoms with Crippen LogP contribution >= 0.6 is 11.8 Å². The van der Waals surface area contributed by atoms with E-state index < -0.39 is 6.04 Å². The first-order chi connectivity index (χ1) is 12.4. The summed E-state index contributed by atoms with van der Waals surface area (Å²) >= 11 is 1.94. The van der Waals surface area contributed by atoms with E-state index in [2.05, 4.69) is 22.8 Å². The molecule has 0 saturated heterocycles. The van der Waals surface area contributed by atoms with Crippen molar-refractivity contribution in [1.82, 2.24) is 5.32 Å². The van der Waals surface area contributed by atoms with Crippen molar-refractivity contribution in [1.29, 1.82) is 0 Å². The Morgan fingerprint density at radius 2 is 1.92 bits per heavy atom. The standard InChI is InChI=1S/C20H31N3O2S/c1-13(2)19(21)20(25)22-12-18(24)23-17-10-9-16(11-14(17)3)26-15-7-5-4-6-8-15/h9-11,13,15,19H,4-8,12,21H2,1-3H3,(H,22,25)(H,23,24)/t19-/m0/s1. The van der Waals surface area contributed by atoms with E-state index in [4.69, 9.17) is 5.73 Å². The molecule has 4 N–H and O–H groups in total. The molecule has 0 bridgehead atoms. The molecule has 2 rings (SSSR count). The Labute approximate surface area is 160 Å². The minimum Gasteiger partial charge on any atom is -0.346 e. The smallest absolute Gasteiger partial charge is 0.243 e. The van der Waals surface area contributed by atoms with Crippen molar-refractivity contribution in [3.63, 3.8) is 0 Å². The maximum Gasteiger partial charge on any atom is 0.243 e. The summed E-state index contributed by atoms with van der Waals surface area (Å²) in [6.07, 6.45) is 6.61. The Hall–Kier alpha value is -1.53. The topological polar surface area (TPSA) is 84.2 Å². The third-order valence-corrected chi connectivity index (χ3v) is 6.10. The van der Waals surface area contributed by atoms with Gasteiger partial charge in [-0.2, -0.15) is 0 Å². The molecule has 2 amide bonds. The highest BCUT2D eigenvalue weighted by Gasteiger charge is 2.18. The van der Waals surface area contributed by atoms with Gasteiger partial charge in [-0.25, -0.2) is 0 Å². The quantitative estimate of drug-likeness (QED) is 0.679. The van der Waals surface area contributed by atoms with Crippen LogP contribution in [-0.2, 0) is 9.59 Å². The van der Waals surface area contributed by atoms with E-state index in [0.29, 0.717) is 5.25 Å². The minimum absolute atomic E-state index is 0.0366. The van der Waals surface area contributed by atoms with E-state index in [1.54, 1.807) is 0 Å². The predicted octanol–water partition coefficient (Wildman–Crippen LogP) is 3.46. The number of nitrogens with one attached hydrogen (secondary N) is 2. The summed E-state index contributed by atoms with van der Waals surface area (Å²) in [5, 5.41) is 6.16. The molecule has 0 aromatic heterocycles. The number of anilines is 1. The lowest BCUT2D eigenvalue weighted by molar-refractivity contribution is -0.125. The Morgan fingerprint density at radius 3 is 2.54 bits per heavy atom. The highest BCUT2D eigenvalue weighted by molar-refractivity contribution is 8.00. The van der Waals surface area contributed by atoms with E-state index >= 15 is 0 Å². The number of nitrogens with two attached hydrogens (primary N) is 1. The Kier molecular flexibility index (Phi) is 7.97. The summed E-state index contributed by atoms with van der Waals surface area (Å²) in [6, 6.07) is 5.54. The van der Waals surface area contributed by atoms with E-state index in [-0.39, 0.29) is 24.3 Å². The van der Waals surface area contributed by atoms with E-state index in [0.717, 1.165) is 11.3 Å². The van der Waals surface area contributed by atoms with Gasteiger partial charge in [-0.3, -0.25) is 9.59 Å². The summed E-state index contributed by atoms with van der Waals surface area (Å²) < 4.78 is 0. The average molecular weight is 378 g/mol. The summed E-state index contributed by atoms with van der Waals surface area (Å²) in [7, 11) is 0. The van der Waals surface area contributed by atoms with Crippen LogP contribution in [0, 0.1) is 12.8 Å². The number of thioether (sulfide) groups is 1. The molecule has 0 spiro atoms. The Balaban J connectivity index is 1.84. The van der Waals surface area contributed by atoms with Crippen LogP contribution in [0.1, 0.15) is 51.5 Å². The van der Waals surface area contributed by atoms with Gasteiger partial charge in [0.2, 0.25) is 11.8 Å². The van der Waals surface area contributed by atoms with Gasteiger partial charge in [-0.15, -0.1) is 11.8 Å². The van der Waals surface area contributed by atoms with Gasteiger partial charge in [0.15, 0.2) is 0 Å². The summed E-state index contributed by atoms with van der Waals surface area (Å²) in [6.45, 7) is 5.67. The van der Waals surface area contributed by atoms with Crippen LogP contribution in [0.5, 0.6) is 0 Å². The molecule has 1 saturated carbocycles. The zero-order valence-electron chi connectivity index (χ0n) is 16.0. The second-order valence-electron chi connectivity index (χ2n) is 7.39. The molecule has 1 aliphatic rings. The van der Waals surface area contributed by atoms with Crippen LogP contribution in [0.2, 0.25) is 0 Å². The molecular formula is C20H31N3O2S. The molecule has 0 heterocycles. The lowest BCUT2D eigenvalue weighted by Gasteiger charge is -2.21. The molecule has 144 valence electrons. The van der Waals surface area contributed by atoms with Gasteiger partial charge >= 0.3 is 0 Å². The molecule has 1 aromatic carbocycles. The van der Waals surface area contributed by atoms with Crippen LogP contribution in [0.15, 0.2) is 23.1 Å². The molecular weight excluding hydrogens is 346 g/mol. The van der Waals surface area contributed by atoms with Gasteiger partial charge in [0, 0.05) is 15.8 Å². The van der Waals surface area contributed by atoms with Gasteiger partial charge in [-0.05, 0) is 49.4 Å². The van der Waals surface area contributed by atoms with Crippen LogP contribution < -0.4 is 16.4 Å². The van der Waals surface area contributed by atoms with Gasteiger partial charge in [0.05, 0.1) is 12.6 Å². The molecule has 1 aliphatic carbocycles. The van der Waals surface area contributed by atoms with Crippen molar-refractivity contribution >= 4 is 29.3 Å². The number of amides is 2. The van der Waals surface area contributed by atoms with E-state index in [1.165, 1.54) is 37.0 Å². The Morgan fingerprint density at radius 1 is 1.23 bits per heavy atom. The maximum absolute atomic E-state index is 12.1. The van der Waals surface area contributed by atoms with E-state index in [1.807, 2.05) is 38.6 Å². The highest BCUT2D eigenvalue weighted by atomic mass is 32.2. The number of hydrogen-bond donors (Lipinski definition) is 3. The lowest BCUT2D eigenvalue weighted by Crippen LogP contribution is -2.46. The van der Waals surface area contributed by atoms with Gasteiger partial charge in [0.25, 0.3) is 0 Å². The minimum atomic E-state index is -0.597. The third-order valence-electron chi connectivity index (χ3n) is 4.77. The van der Waals surface area contributed by atoms with Gasteiger partial charge < -0.3 is 16.4 Å². The average Bonchev–Trinajstić information content (AvgIpc) is 2.62. The number of hydrogen-bond acceptors (Lipinski definition) is 4. The fourth-order valence-corrected chi connectivity index (χ4v) is 4.35. The lowest BCUT2D eigenvalue weighted by atomic mass is 10.0. The van der Waals surface area contributed by atoms with Crippen molar-refractivity contribution in [2.24, 2.45) is 11.7 Å². The largest absolute Gasteiger partial charge is 0.346 e. The monoisotopic (exact) mass is 377 g/mol. The highest BCUT2D eigenvalue weighted by Crippen LogP contribution is 2.34. The van der Waals surface area contributed by atoms with Crippen LogP contribution in [0.4, 0.5) is 5.69 Å². The van der Waals surface area contributed by atoms with Crippen LogP contribution in [0.3, 0.4) is 0 Å². The number of rotatable bonds is 7. The Bertz CT molecular complexity index is 627. The molecule has 0 unspecified atom stereocenters. The second-order valence-corrected chi connectivity index (χ2v) is 8.76. The first-order valence-corrected chi connectivity index (χ1v) is 10.3. The van der Waals surface area contributed by atoms with Crippen molar-refractivity contribution in [2.45, 2.75) is 69.1 Å². The molecule has 1 aromatic rings. The molecule has 5 nitrogen and oxygen atoms in total.